The fourth-order valence-corrected chi connectivity index (χ4v) is 8.75. The van der Waals surface area contributed by atoms with Crippen LogP contribution in [0.2, 0.25) is 0 Å². The third-order valence-corrected chi connectivity index (χ3v) is 13.0. The van der Waals surface area contributed by atoms with Crippen LogP contribution in [0.25, 0.3) is 0 Å². The maximum atomic E-state index is 2.30. The van der Waals surface area contributed by atoms with E-state index >= 15 is 0 Å². The number of hydrogen-bond donors (Lipinski definition) is 0. The summed E-state index contributed by atoms with van der Waals surface area (Å²) in [6.07, 6.45) is 0. The zero-order valence-electron chi connectivity index (χ0n) is 47.8. The van der Waals surface area contributed by atoms with Crippen molar-refractivity contribution in [1.29, 1.82) is 0 Å². The SMILES string of the molecule is Cc1cc(C)c(C)c(C(C)C)c1.Cc1cc(C)cc(C(C)C)c1.Cc1ccc(C(C)C)c(C)c1.Cc1ccc(C(C)C)cc1C.Cc1cccc(C(C)C)c1C.Cc1cccc(C)c1C(C)C. The second kappa shape index (κ2) is 29.3. The summed E-state index contributed by atoms with van der Waals surface area (Å²) in [5.74, 6) is 3.88. The number of aryl methyl sites for hydroxylation is 11. The monoisotopic (exact) mass is 903 g/mol. The van der Waals surface area contributed by atoms with Crippen molar-refractivity contribution >= 4 is 0 Å². The van der Waals surface area contributed by atoms with Gasteiger partial charge in [-0.1, -0.05) is 208 Å². The van der Waals surface area contributed by atoms with Gasteiger partial charge < -0.3 is 0 Å². The molecule has 0 aliphatic heterocycles. The minimum atomic E-state index is 0.642. The van der Waals surface area contributed by atoms with Crippen LogP contribution in [-0.2, 0) is 0 Å². The number of benzene rings is 6. The highest BCUT2D eigenvalue weighted by molar-refractivity contribution is 5.40. The van der Waals surface area contributed by atoms with Crippen LogP contribution in [0, 0.1) is 90.0 Å². The van der Waals surface area contributed by atoms with E-state index in [0.717, 1.165) is 0 Å². The lowest BCUT2D eigenvalue weighted by molar-refractivity contribution is 0.846. The van der Waals surface area contributed by atoms with E-state index in [4.69, 9.17) is 0 Å². The van der Waals surface area contributed by atoms with E-state index < -0.39 is 0 Å². The molecule has 0 heterocycles. The van der Waals surface area contributed by atoms with Gasteiger partial charge in [-0.15, -0.1) is 0 Å². The standard InChI is InChI=1S/C12H18.5C11H16/c1-8(2)12-7-9(3)6-10(4)11(12)5;1-8(2)11-6-9(3)5-10(4)7-11;1-8(2)11-6-5-9(3)10(4)7-11;1-8(2)11-6-5-9(3)7-10(11)4;1-8(2)11-7-5-6-9(3)10(11)4;1-8(2)11-9(3)6-5-7-10(11)4/h6-8H,1-5H3;5*5-8H,1-4H3. The van der Waals surface area contributed by atoms with Crippen LogP contribution in [-0.4, -0.2) is 0 Å². The summed E-state index contributed by atoms with van der Waals surface area (Å²) in [6, 6.07) is 37.6. The maximum absolute atomic E-state index is 2.30. The second-order valence-corrected chi connectivity index (χ2v) is 21.4. The van der Waals surface area contributed by atoms with Gasteiger partial charge in [0.05, 0.1) is 0 Å². The summed E-state index contributed by atoms with van der Waals surface area (Å²) >= 11 is 0. The van der Waals surface area contributed by atoms with Crippen LogP contribution in [0.1, 0.15) is 224 Å². The molecule has 0 atom stereocenters. The fraction of sp³-hybridized carbons (Fsp3) is 0.463. The van der Waals surface area contributed by atoms with E-state index in [9.17, 15) is 0 Å². The normalized spacial score (nSPS) is 10.7. The molecule has 0 radical (unpaired) electrons. The third-order valence-electron chi connectivity index (χ3n) is 13.0. The molecule has 0 amide bonds. The van der Waals surface area contributed by atoms with Crippen molar-refractivity contribution in [3.8, 4) is 0 Å². The second-order valence-electron chi connectivity index (χ2n) is 21.4. The lowest BCUT2D eigenvalue weighted by atomic mass is 9.93. The molecule has 0 N–H and O–H groups in total. The van der Waals surface area contributed by atoms with Gasteiger partial charge in [-0.2, -0.15) is 0 Å². The van der Waals surface area contributed by atoms with Crippen molar-refractivity contribution in [1.82, 2.24) is 0 Å². The van der Waals surface area contributed by atoms with Gasteiger partial charge in [0, 0.05) is 0 Å². The summed E-state index contributed by atoms with van der Waals surface area (Å²) in [5, 5.41) is 0. The summed E-state index contributed by atoms with van der Waals surface area (Å²) < 4.78 is 0. The minimum Gasteiger partial charge on any atom is -0.0617 e. The molecule has 0 fully saturated rings. The van der Waals surface area contributed by atoms with Crippen molar-refractivity contribution < 1.29 is 0 Å². The molecule has 0 aliphatic rings. The fourth-order valence-electron chi connectivity index (χ4n) is 8.75. The van der Waals surface area contributed by atoms with E-state index in [-0.39, 0.29) is 0 Å². The predicted molar refractivity (Wildman–Crippen MR) is 305 cm³/mol. The first-order valence-corrected chi connectivity index (χ1v) is 25.5. The van der Waals surface area contributed by atoms with E-state index in [0.29, 0.717) is 35.5 Å². The quantitative estimate of drug-likeness (QED) is 0.156. The first-order chi connectivity index (χ1) is 31.1. The van der Waals surface area contributed by atoms with Gasteiger partial charge in [0.15, 0.2) is 0 Å². The van der Waals surface area contributed by atoms with Gasteiger partial charge in [-0.25, -0.2) is 0 Å². The molecule has 6 rings (SSSR count). The van der Waals surface area contributed by atoms with Crippen molar-refractivity contribution in [3.05, 3.63) is 209 Å². The Labute approximate surface area is 415 Å². The van der Waals surface area contributed by atoms with Gasteiger partial charge in [0.1, 0.15) is 0 Å². The predicted octanol–water partition coefficient (Wildman–Crippen LogP) is 20.9. The van der Waals surface area contributed by atoms with E-state index in [1.165, 1.54) is 106 Å². The zero-order chi connectivity index (χ0) is 51.5. The van der Waals surface area contributed by atoms with Crippen molar-refractivity contribution in [3.63, 3.8) is 0 Å². The molecule has 0 spiro atoms. The molecule has 6 aromatic carbocycles. The highest BCUT2D eigenvalue weighted by atomic mass is 14.1. The lowest BCUT2D eigenvalue weighted by Crippen LogP contribution is -1.95. The molecule has 0 unspecified atom stereocenters. The maximum Gasteiger partial charge on any atom is -0.0214 e. The largest absolute Gasteiger partial charge is 0.0617 e. The Bertz CT molecular complexity index is 2350. The highest BCUT2D eigenvalue weighted by Gasteiger charge is 2.07. The van der Waals surface area contributed by atoms with Gasteiger partial charge in [0.2, 0.25) is 0 Å². The van der Waals surface area contributed by atoms with Crippen molar-refractivity contribution in [2.45, 2.75) is 209 Å². The first-order valence-electron chi connectivity index (χ1n) is 25.5. The van der Waals surface area contributed by atoms with Crippen LogP contribution >= 0.6 is 0 Å². The Hall–Kier alpha value is -4.68. The van der Waals surface area contributed by atoms with E-state index in [2.05, 4.69) is 276 Å². The molecule has 0 aromatic heterocycles. The average Bonchev–Trinajstić information content (AvgIpc) is 3.21. The van der Waals surface area contributed by atoms with Gasteiger partial charge >= 0.3 is 0 Å². The Kier molecular flexibility index (Phi) is 26.4. The van der Waals surface area contributed by atoms with Crippen molar-refractivity contribution in [2.24, 2.45) is 0 Å². The van der Waals surface area contributed by atoms with Gasteiger partial charge in [0.25, 0.3) is 0 Å². The van der Waals surface area contributed by atoms with Crippen LogP contribution in [0.15, 0.2) is 103 Å². The van der Waals surface area contributed by atoms with Crippen LogP contribution in [0.3, 0.4) is 0 Å². The molecule has 0 aliphatic carbocycles. The summed E-state index contributed by atoms with van der Waals surface area (Å²) in [5.41, 5.74) is 27.0. The van der Waals surface area contributed by atoms with Gasteiger partial charge in [-0.05, 0) is 209 Å². The molecular formula is C67H98. The topological polar surface area (TPSA) is 0 Å². The zero-order valence-corrected chi connectivity index (χ0v) is 47.8. The summed E-state index contributed by atoms with van der Waals surface area (Å²) in [4.78, 5) is 0. The Morgan fingerprint density at radius 1 is 0.239 bits per heavy atom. The third kappa shape index (κ3) is 21.0. The molecular weight excluding hydrogens is 805 g/mol. The molecule has 6 aromatic rings. The Balaban J connectivity index is 0.000000402. The van der Waals surface area contributed by atoms with Crippen LogP contribution < -0.4 is 0 Å². The smallest absolute Gasteiger partial charge is 0.0214 e. The summed E-state index contributed by atoms with van der Waals surface area (Å²) in [6.45, 7) is 55.1. The van der Waals surface area contributed by atoms with Gasteiger partial charge in [-0.3, -0.25) is 0 Å². The summed E-state index contributed by atoms with van der Waals surface area (Å²) in [7, 11) is 0. The average molecular weight is 904 g/mol. The molecule has 0 bridgehead atoms. The Morgan fingerprint density at radius 2 is 0.687 bits per heavy atom. The first kappa shape index (κ1) is 60.3. The Morgan fingerprint density at radius 3 is 1.10 bits per heavy atom. The van der Waals surface area contributed by atoms with E-state index in [1.54, 1.807) is 0 Å². The lowest BCUT2D eigenvalue weighted by Gasteiger charge is -2.13. The van der Waals surface area contributed by atoms with Crippen LogP contribution in [0.4, 0.5) is 0 Å². The number of rotatable bonds is 6. The highest BCUT2D eigenvalue weighted by Crippen LogP contribution is 2.25. The minimum absolute atomic E-state index is 0.642. The van der Waals surface area contributed by atoms with E-state index in [1.807, 2.05) is 0 Å². The van der Waals surface area contributed by atoms with Crippen LogP contribution in [0.5, 0.6) is 0 Å². The molecule has 366 valence electrons. The molecule has 0 nitrogen and oxygen atoms in total. The molecule has 0 saturated heterocycles. The molecule has 0 heteroatoms. The number of hydrogen-bond acceptors (Lipinski definition) is 0. The molecule has 67 heavy (non-hydrogen) atoms. The molecule has 0 saturated carbocycles. The van der Waals surface area contributed by atoms with Crippen molar-refractivity contribution in [2.75, 3.05) is 0 Å².